The van der Waals surface area contributed by atoms with Gasteiger partial charge in [0.2, 0.25) is 5.91 Å². The highest BCUT2D eigenvalue weighted by Gasteiger charge is 2.12. The van der Waals surface area contributed by atoms with Gasteiger partial charge in [0, 0.05) is 36.2 Å². The average molecular weight is 339 g/mol. The Labute approximate surface area is 147 Å². The van der Waals surface area contributed by atoms with Crippen LogP contribution in [0.25, 0.3) is 10.9 Å². The van der Waals surface area contributed by atoms with Crippen LogP contribution in [-0.4, -0.2) is 25.5 Å². The van der Waals surface area contributed by atoms with E-state index in [0.717, 1.165) is 34.4 Å². The van der Waals surface area contributed by atoms with Crippen LogP contribution in [0, 0.1) is 20.8 Å². The number of aromatic nitrogens is 4. The first kappa shape index (κ1) is 17.2. The second kappa shape index (κ2) is 7.09. The molecule has 0 spiro atoms. The van der Waals surface area contributed by atoms with E-state index in [-0.39, 0.29) is 5.91 Å². The number of hydrogen-bond donors (Lipinski definition) is 1. The maximum atomic E-state index is 12.2. The molecular weight excluding hydrogens is 314 g/mol. The van der Waals surface area contributed by atoms with E-state index in [0.29, 0.717) is 19.5 Å². The van der Waals surface area contributed by atoms with Crippen molar-refractivity contribution in [1.29, 1.82) is 0 Å². The van der Waals surface area contributed by atoms with Gasteiger partial charge in [-0.05, 0) is 39.8 Å². The van der Waals surface area contributed by atoms with E-state index in [1.165, 1.54) is 5.56 Å². The molecule has 0 fully saturated rings. The van der Waals surface area contributed by atoms with Crippen LogP contribution in [0.3, 0.4) is 0 Å². The molecule has 0 saturated carbocycles. The van der Waals surface area contributed by atoms with Crippen LogP contribution in [-0.2, 0) is 24.4 Å². The molecule has 1 amide bonds. The Bertz CT molecular complexity index is 906. The van der Waals surface area contributed by atoms with Crippen LogP contribution < -0.4 is 5.32 Å². The third kappa shape index (κ3) is 3.57. The van der Waals surface area contributed by atoms with Gasteiger partial charge in [0.1, 0.15) is 0 Å². The lowest BCUT2D eigenvalue weighted by atomic mass is 10.2. The standard InChI is InChI=1S/C19H25N5O/c1-5-23-15(4)17(14(3)22-23)12-20-19(25)8-9-24-18-7-6-13(2)10-16(18)11-21-24/h6-7,10-11H,5,8-9,12H2,1-4H3,(H,20,25). The quantitative estimate of drug-likeness (QED) is 0.751. The summed E-state index contributed by atoms with van der Waals surface area (Å²) in [5.74, 6) is 0.0267. The van der Waals surface area contributed by atoms with E-state index in [9.17, 15) is 4.79 Å². The Balaban J connectivity index is 1.59. The molecule has 6 heteroatoms. The first-order valence-electron chi connectivity index (χ1n) is 8.71. The second-order valence-corrected chi connectivity index (χ2v) is 6.42. The van der Waals surface area contributed by atoms with E-state index in [1.54, 1.807) is 0 Å². The minimum atomic E-state index is 0.0267. The van der Waals surface area contributed by atoms with Crippen LogP contribution in [0.5, 0.6) is 0 Å². The van der Waals surface area contributed by atoms with E-state index in [1.807, 2.05) is 29.4 Å². The first-order valence-corrected chi connectivity index (χ1v) is 8.71. The number of benzene rings is 1. The molecule has 6 nitrogen and oxygen atoms in total. The second-order valence-electron chi connectivity index (χ2n) is 6.42. The summed E-state index contributed by atoms with van der Waals surface area (Å²) in [7, 11) is 0. The number of rotatable bonds is 6. The third-order valence-corrected chi connectivity index (χ3v) is 4.64. The van der Waals surface area contributed by atoms with Gasteiger partial charge in [0.25, 0.3) is 0 Å². The predicted molar refractivity (Wildman–Crippen MR) is 98.3 cm³/mol. The molecule has 0 atom stereocenters. The van der Waals surface area contributed by atoms with Crippen molar-refractivity contribution in [2.24, 2.45) is 0 Å². The van der Waals surface area contributed by atoms with Gasteiger partial charge in [-0.2, -0.15) is 10.2 Å². The van der Waals surface area contributed by atoms with Crippen LogP contribution in [0.15, 0.2) is 24.4 Å². The van der Waals surface area contributed by atoms with Crippen molar-refractivity contribution < 1.29 is 4.79 Å². The van der Waals surface area contributed by atoms with E-state index >= 15 is 0 Å². The van der Waals surface area contributed by atoms with Crippen LogP contribution in [0.1, 0.15) is 35.9 Å². The number of nitrogens with one attached hydrogen (secondary N) is 1. The summed E-state index contributed by atoms with van der Waals surface area (Å²) in [4.78, 5) is 12.2. The lowest BCUT2D eigenvalue weighted by Gasteiger charge is -2.07. The molecule has 0 unspecified atom stereocenters. The zero-order chi connectivity index (χ0) is 18.0. The Morgan fingerprint density at radius 3 is 2.72 bits per heavy atom. The normalized spacial score (nSPS) is 11.2. The van der Waals surface area contributed by atoms with E-state index < -0.39 is 0 Å². The topological polar surface area (TPSA) is 64.7 Å². The largest absolute Gasteiger partial charge is 0.352 e. The van der Waals surface area contributed by atoms with Crippen molar-refractivity contribution >= 4 is 16.8 Å². The number of carbonyl (C=O) groups is 1. The van der Waals surface area contributed by atoms with Gasteiger partial charge >= 0.3 is 0 Å². The molecule has 0 aliphatic carbocycles. The van der Waals surface area contributed by atoms with Crippen molar-refractivity contribution in [1.82, 2.24) is 24.9 Å². The van der Waals surface area contributed by atoms with Crippen LogP contribution >= 0.6 is 0 Å². The molecule has 3 rings (SSSR count). The molecular formula is C19H25N5O. The first-order chi connectivity index (χ1) is 12.0. The van der Waals surface area contributed by atoms with Gasteiger partial charge in [-0.15, -0.1) is 0 Å². The number of aryl methyl sites for hydroxylation is 4. The summed E-state index contributed by atoms with van der Waals surface area (Å²) in [6.45, 7) is 10.1. The van der Waals surface area contributed by atoms with Crippen molar-refractivity contribution in [3.05, 3.63) is 46.9 Å². The monoisotopic (exact) mass is 339 g/mol. The molecule has 3 aromatic rings. The summed E-state index contributed by atoms with van der Waals surface area (Å²) in [6.07, 6.45) is 2.26. The van der Waals surface area contributed by atoms with Crippen LogP contribution in [0.4, 0.5) is 0 Å². The van der Waals surface area contributed by atoms with Crippen molar-refractivity contribution in [2.75, 3.05) is 0 Å². The number of nitrogens with zero attached hydrogens (tertiary/aromatic N) is 4. The molecule has 0 bridgehead atoms. The Hall–Kier alpha value is -2.63. The lowest BCUT2D eigenvalue weighted by molar-refractivity contribution is -0.121. The van der Waals surface area contributed by atoms with Gasteiger partial charge in [-0.25, -0.2) is 0 Å². The number of carbonyl (C=O) groups excluding carboxylic acids is 1. The zero-order valence-corrected chi connectivity index (χ0v) is 15.3. The molecule has 132 valence electrons. The predicted octanol–water partition coefficient (Wildman–Crippen LogP) is 2.88. The van der Waals surface area contributed by atoms with E-state index in [4.69, 9.17) is 0 Å². The summed E-state index contributed by atoms with van der Waals surface area (Å²) >= 11 is 0. The Kier molecular flexibility index (Phi) is 4.88. The molecule has 1 N–H and O–H groups in total. The van der Waals surface area contributed by atoms with Crippen molar-refractivity contribution in [3.8, 4) is 0 Å². The lowest BCUT2D eigenvalue weighted by Crippen LogP contribution is -2.24. The molecule has 1 aromatic carbocycles. The molecule has 2 heterocycles. The summed E-state index contributed by atoms with van der Waals surface area (Å²) in [5, 5.41) is 13.0. The SMILES string of the molecule is CCn1nc(C)c(CNC(=O)CCn2ncc3cc(C)ccc32)c1C. The maximum absolute atomic E-state index is 12.2. The minimum absolute atomic E-state index is 0.0267. The molecule has 2 aromatic heterocycles. The highest BCUT2D eigenvalue weighted by atomic mass is 16.1. The van der Waals surface area contributed by atoms with Gasteiger partial charge < -0.3 is 5.32 Å². The fourth-order valence-electron chi connectivity index (χ4n) is 3.17. The maximum Gasteiger partial charge on any atom is 0.222 e. The van der Waals surface area contributed by atoms with E-state index in [2.05, 4.69) is 47.6 Å². The zero-order valence-electron chi connectivity index (χ0n) is 15.3. The smallest absolute Gasteiger partial charge is 0.222 e. The van der Waals surface area contributed by atoms with Gasteiger partial charge in [-0.1, -0.05) is 11.6 Å². The highest BCUT2D eigenvalue weighted by Crippen LogP contribution is 2.16. The van der Waals surface area contributed by atoms with Gasteiger partial charge in [0.15, 0.2) is 0 Å². The van der Waals surface area contributed by atoms with Gasteiger partial charge in [0.05, 0.1) is 24.0 Å². The third-order valence-electron chi connectivity index (χ3n) is 4.64. The molecule has 0 aliphatic heterocycles. The minimum Gasteiger partial charge on any atom is -0.352 e. The van der Waals surface area contributed by atoms with Gasteiger partial charge in [-0.3, -0.25) is 14.2 Å². The summed E-state index contributed by atoms with van der Waals surface area (Å²) in [6, 6.07) is 6.23. The Morgan fingerprint density at radius 1 is 1.20 bits per heavy atom. The number of fused-ring (bicyclic) bond motifs is 1. The molecule has 0 aliphatic rings. The molecule has 0 radical (unpaired) electrons. The fraction of sp³-hybridized carbons (Fsp3) is 0.421. The van der Waals surface area contributed by atoms with Crippen molar-refractivity contribution in [3.63, 3.8) is 0 Å². The van der Waals surface area contributed by atoms with Crippen LogP contribution in [0.2, 0.25) is 0 Å². The average Bonchev–Trinajstić information content (AvgIpc) is 3.11. The molecule has 0 saturated heterocycles. The summed E-state index contributed by atoms with van der Waals surface area (Å²) in [5.41, 5.74) is 5.48. The number of hydrogen-bond acceptors (Lipinski definition) is 3. The highest BCUT2D eigenvalue weighted by molar-refractivity contribution is 5.80. The summed E-state index contributed by atoms with van der Waals surface area (Å²) < 4.78 is 3.86. The number of amides is 1. The van der Waals surface area contributed by atoms with Crippen molar-refractivity contribution in [2.45, 2.75) is 53.8 Å². The fourth-order valence-corrected chi connectivity index (χ4v) is 3.17. The Morgan fingerprint density at radius 2 is 2.00 bits per heavy atom. The molecule has 25 heavy (non-hydrogen) atoms.